The molecule has 5 N–H and O–H groups in total. The number of morpholine rings is 1. The molecule has 6 nitrogen and oxygen atoms in total. The van der Waals surface area contributed by atoms with Crippen molar-refractivity contribution < 1.29 is 4.74 Å². The van der Waals surface area contributed by atoms with Gasteiger partial charge in [-0.05, 0) is 11.1 Å². The van der Waals surface area contributed by atoms with E-state index in [2.05, 4.69) is 15.3 Å². The molecular weight excluding hydrogens is 254 g/mol. The molecule has 0 spiro atoms. The van der Waals surface area contributed by atoms with E-state index in [0.29, 0.717) is 5.82 Å². The molecule has 20 heavy (non-hydrogen) atoms. The third kappa shape index (κ3) is 2.56. The Hall–Kier alpha value is -2.18. The van der Waals surface area contributed by atoms with E-state index in [9.17, 15) is 0 Å². The standard InChI is InChI=1S/C14H17N5O/c15-13-11(7-18-14(16)19-13)9-1-3-10(4-2-9)12-8-17-5-6-20-12/h1-4,7,12,17H,5-6,8H2,(H4,15,16,18,19). The van der Waals surface area contributed by atoms with E-state index >= 15 is 0 Å². The molecule has 1 aromatic heterocycles. The van der Waals surface area contributed by atoms with Gasteiger partial charge in [0.1, 0.15) is 5.82 Å². The Kier molecular flexibility index (Phi) is 3.49. The molecule has 1 aromatic carbocycles. The first-order chi connectivity index (χ1) is 9.74. The van der Waals surface area contributed by atoms with Gasteiger partial charge in [-0.1, -0.05) is 24.3 Å². The summed E-state index contributed by atoms with van der Waals surface area (Å²) in [5.41, 5.74) is 14.3. The zero-order valence-corrected chi connectivity index (χ0v) is 11.0. The molecule has 0 saturated carbocycles. The molecule has 1 aliphatic rings. The number of ether oxygens (including phenoxy) is 1. The minimum atomic E-state index is 0.109. The summed E-state index contributed by atoms with van der Waals surface area (Å²) in [5.74, 6) is 0.574. The highest BCUT2D eigenvalue weighted by molar-refractivity contribution is 5.73. The number of nitrogens with zero attached hydrogens (tertiary/aromatic N) is 2. The van der Waals surface area contributed by atoms with Crippen LogP contribution in [0.4, 0.5) is 11.8 Å². The van der Waals surface area contributed by atoms with Crippen LogP contribution >= 0.6 is 0 Å². The fourth-order valence-electron chi connectivity index (χ4n) is 2.29. The second-order valence-corrected chi connectivity index (χ2v) is 4.71. The van der Waals surface area contributed by atoms with Gasteiger partial charge >= 0.3 is 0 Å². The Morgan fingerprint density at radius 3 is 2.65 bits per heavy atom. The quantitative estimate of drug-likeness (QED) is 0.752. The molecule has 2 aromatic rings. The number of rotatable bonds is 2. The van der Waals surface area contributed by atoms with Crippen LogP contribution in [0.5, 0.6) is 0 Å². The van der Waals surface area contributed by atoms with E-state index in [-0.39, 0.29) is 12.1 Å². The highest BCUT2D eigenvalue weighted by atomic mass is 16.5. The van der Waals surface area contributed by atoms with E-state index in [1.807, 2.05) is 24.3 Å². The van der Waals surface area contributed by atoms with Gasteiger partial charge in [0.25, 0.3) is 0 Å². The lowest BCUT2D eigenvalue weighted by molar-refractivity contribution is 0.0277. The molecular formula is C14H17N5O. The zero-order chi connectivity index (χ0) is 13.9. The van der Waals surface area contributed by atoms with Crippen LogP contribution in [0.3, 0.4) is 0 Å². The molecule has 3 rings (SSSR count). The molecule has 0 radical (unpaired) electrons. The smallest absolute Gasteiger partial charge is 0.221 e. The lowest BCUT2D eigenvalue weighted by atomic mass is 10.0. The van der Waals surface area contributed by atoms with Gasteiger partial charge < -0.3 is 21.5 Å². The average Bonchev–Trinajstić information content (AvgIpc) is 2.48. The number of nitrogens with one attached hydrogen (secondary N) is 1. The normalized spacial score (nSPS) is 18.9. The van der Waals surface area contributed by atoms with Gasteiger partial charge in [-0.2, -0.15) is 4.98 Å². The fourth-order valence-corrected chi connectivity index (χ4v) is 2.29. The molecule has 104 valence electrons. The number of hydrogen-bond acceptors (Lipinski definition) is 6. The van der Waals surface area contributed by atoms with Crippen LogP contribution in [0.1, 0.15) is 11.7 Å². The summed E-state index contributed by atoms with van der Waals surface area (Å²) >= 11 is 0. The monoisotopic (exact) mass is 271 g/mol. The summed E-state index contributed by atoms with van der Waals surface area (Å²) in [7, 11) is 0. The number of nitrogens with two attached hydrogens (primary N) is 2. The lowest BCUT2D eigenvalue weighted by Gasteiger charge is -2.24. The largest absolute Gasteiger partial charge is 0.383 e. The molecule has 1 fully saturated rings. The second kappa shape index (κ2) is 5.44. The summed E-state index contributed by atoms with van der Waals surface area (Å²) in [6.45, 7) is 2.49. The summed E-state index contributed by atoms with van der Waals surface area (Å²) < 4.78 is 5.72. The number of nitrogen functional groups attached to an aromatic ring is 2. The molecule has 1 saturated heterocycles. The van der Waals surface area contributed by atoms with Crippen molar-refractivity contribution in [2.24, 2.45) is 0 Å². The minimum Gasteiger partial charge on any atom is -0.383 e. The molecule has 0 amide bonds. The van der Waals surface area contributed by atoms with Gasteiger partial charge in [-0.15, -0.1) is 0 Å². The van der Waals surface area contributed by atoms with Crippen LogP contribution < -0.4 is 16.8 Å². The maximum absolute atomic E-state index is 5.87. The van der Waals surface area contributed by atoms with E-state index < -0.39 is 0 Å². The van der Waals surface area contributed by atoms with Crippen molar-refractivity contribution in [3.05, 3.63) is 36.0 Å². The van der Waals surface area contributed by atoms with E-state index in [4.69, 9.17) is 16.2 Å². The topological polar surface area (TPSA) is 99.1 Å². The fraction of sp³-hybridized carbons (Fsp3) is 0.286. The van der Waals surface area contributed by atoms with Crippen molar-refractivity contribution in [2.75, 3.05) is 31.2 Å². The van der Waals surface area contributed by atoms with Crippen molar-refractivity contribution in [3.8, 4) is 11.1 Å². The molecule has 1 atom stereocenters. The maximum Gasteiger partial charge on any atom is 0.221 e. The highest BCUT2D eigenvalue weighted by Gasteiger charge is 2.15. The Bertz CT molecular complexity index is 593. The van der Waals surface area contributed by atoms with E-state index in [1.165, 1.54) is 0 Å². The van der Waals surface area contributed by atoms with Gasteiger partial charge in [-0.25, -0.2) is 4.98 Å². The van der Waals surface area contributed by atoms with Crippen LogP contribution in [-0.4, -0.2) is 29.7 Å². The first kappa shape index (κ1) is 12.8. The van der Waals surface area contributed by atoms with Gasteiger partial charge in [0.15, 0.2) is 0 Å². The second-order valence-electron chi connectivity index (χ2n) is 4.71. The third-order valence-electron chi connectivity index (χ3n) is 3.36. The third-order valence-corrected chi connectivity index (χ3v) is 3.36. The summed E-state index contributed by atoms with van der Waals surface area (Å²) in [4.78, 5) is 7.95. The van der Waals surface area contributed by atoms with Crippen molar-refractivity contribution in [1.82, 2.24) is 15.3 Å². The summed E-state index contributed by atoms with van der Waals surface area (Å²) in [5, 5.41) is 3.32. The number of aromatic nitrogens is 2. The van der Waals surface area contributed by atoms with E-state index in [0.717, 1.165) is 36.4 Å². The SMILES string of the molecule is Nc1ncc(-c2ccc(C3CNCCO3)cc2)c(N)n1. The molecule has 2 heterocycles. The molecule has 1 unspecified atom stereocenters. The first-order valence-electron chi connectivity index (χ1n) is 6.54. The van der Waals surface area contributed by atoms with Crippen LogP contribution in [0, 0.1) is 0 Å². The van der Waals surface area contributed by atoms with Gasteiger partial charge in [0.2, 0.25) is 5.95 Å². The molecule has 0 aliphatic carbocycles. The Morgan fingerprint density at radius 2 is 2.00 bits per heavy atom. The van der Waals surface area contributed by atoms with Crippen LogP contribution in [-0.2, 0) is 4.74 Å². The number of anilines is 2. The first-order valence-corrected chi connectivity index (χ1v) is 6.54. The lowest BCUT2D eigenvalue weighted by Crippen LogP contribution is -2.33. The summed E-state index contributed by atoms with van der Waals surface area (Å²) in [6, 6.07) is 8.09. The average molecular weight is 271 g/mol. The molecule has 6 heteroatoms. The van der Waals surface area contributed by atoms with Gasteiger partial charge in [0.05, 0.1) is 12.7 Å². The number of benzene rings is 1. The Morgan fingerprint density at radius 1 is 1.20 bits per heavy atom. The molecule has 1 aliphatic heterocycles. The van der Waals surface area contributed by atoms with Crippen molar-refractivity contribution in [3.63, 3.8) is 0 Å². The van der Waals surface area contributed by atoms with Crippen molar-refractivity contribution in [1.29, 1.82) is 0 Å². The Labute approximate surface area is 117 Å². The maximum atomic E-state index is 5.87. The van der Waals surface area contributed by atoms with Gasteiger partial charge in [0, 0.05) is 24.8 Å². The van der Waals surface area contributed by atoms with Crippen LogP contribution in [0.2, 0.25) is 0 Å². The number of hydrogen-bond donors (Lipinski definition) is 3. The zero-order valence-electron chi connectivity index (χ0n) is 11.0. The van der Waals surface area contributed by atoms with Gasteiger partial charge in [-0.3, -0.25) is 0 Å². The van der Waals surface area contributed by atoms with Crippen molar-refractivity contribution >= 4 is 11.8 Å². The molecule has 0 bridgehead atoms. The predicted octanol–water partition coefficient (Wildman–Crippen LogP) is 0.969. The van der Waals surface area contributed by atoms with E-state index in [1.54, 1.807) is 6.20 Å². The Balaban J connectivity index is 1.85. The highest BCUT2D eigenvalue weighted by Crippen LogP contribution is 2.26. The van der Waals surface area contributed by atoms with Crippen molar-refractivity contribution in [2.45, 2.75) is 6.10 Å². The summed E-state index contributed by atoms with van der Waals surface area (Å²) in [6.07, 6.45) is 1.75. The minimum absolute atomic E-state index is 0.109. The van der Waals surface area contributed by atoms with Crippen LogP contribution in [0.25, 0.3) is 11.1 Å². The van der Waals surface area contributed by atoms with Crippen LogP contribution in [0.15, 0.2) is 30.5 Å². The predicted molar refractivity (Wildman–Crippen MR) is 77.9 cm³/mol.